The van der Waals surface area contributed by atoms with Crippen LogP contribution < -0.4 is 4.74 Å². The van der Waals surface area contributed by atoms with Crippen molar-refractivity contribution < 1.29 is 14.6 Å². The molecule has 3 rings (SSSR count). The summed E-state index contributed by atoms with van der Waals surface area (Å²) >= 11 is 0. The molecule has 0 fully saturated rings. The first-order valence-corrected chi connectivity index (χ1v) is 5.74. The van der Waals surface area contributed by atoms with E-state index in [-0.39, 0.29) is 11.7 Å². The lowest BCUT2D eigenvalue weighted by Gasteiger charge is -2.27. The lowest BCUT2D eigenvalue weighted by Crippen LogP contribution is -2.22. The maximum atomic E-state index is 11.1. The van der Waals surface area contributed by atoms with Crippen molar-refractivity contribution in [3.63, 3.8) is 0 Å². The zero-order valence-corrected chi connectivity index (χ0v) is 9.61. The number of aromatic nitrogens is 2. The fourth-order valence-corrected chi connectivity index (χ4v) is 2.33. The minimum Gasteiger partial charge on any atom is -0.493 e. The SMILES string of the molecule is O=C(O)c1cncn1C1CCOc2ccccc21. The maximum absolute atomic E-state index is 11.1. The molecule has 1 aromatic heterocycles. The Morgan fingerprint density at radius 2 is 2.28 bits per heavy atom. The molecule has 0 amide bonds. The minimum absolute atomic E-state index is 0.0245. The van der Waals surface area contributed by atoms with E-state index in [1.807, 2.05) is 24.3 Å². The molecule has 0 radical (unpaired) electrons. The van der Waals surface area contributed by atoms with Crippen LogP contribution in [-0.4, -0.2) is 27.2 Å². The van der Waals surface area contributed by atoms with Crippen LogP contribution >= 0.6 is 0 Å². The van der Waals surface area contributed by atoms with E-state index in [4.69, 9.17) is 9.84 Å². The van der Waals surface area contributed by atoms with E-state index < -0.39 is 5.97 Å². The van der Waals surface area contributed by atoms with E-state index in [0.29, 0.717) is 6.61 Å². The molecule has 18 heavy (non-hydrogen) atoms. The number of imidazole rings is 1. The van der Waals surface area contributed by atoms with Gasteiger partial charge in [-0.3, -0.25) is 0 Å². The number of carboxylic acids is 1. The van der Waals surface area contributed by atoms with E-state index in [1.165, 1.54) is 6.20 Å². The molecule has 0 spiro atoms. The molecule has 1 atom stereocenters. The number of hydrogen-bond acceptors (Lipinski definition) is 3. The molecule has 0 bridgehead atoms. The molecule has 2 heterocycles. The number of ether oxygens (including phenoxy) is 1. The zero-order chi connectivity index (χ0) is 12.5. The van der Waals surface area contributed by atoms with Crippen LogP contribution in [-0.2, 0) is 0 Å². The Kier molecular flexibility index (Phi) is 2.51. The smallest absolute Gasteiger partial charge is 0.354 e. The molecule has 0 saturated carbocycles. The normalized spacial score (nSPS) is 17.9. The molecule has 92 valence electrons. The monoisotopic (exact) mass is 244 g/mol. The second kappa shape index (κ2) is 4.18. The van der Waals surface area contributed by atoms with Gasteiger partial charge in [-0.2, -0.15) is 0 Å². The van der Waals surface area contributed by atoms with Gasteiger partial charge in [0.2, 0.25) is 0 Å². The lowest BCUT2D eigenvalue weighted by atomic mass is 10.0. The van der Waals surface area contributed by atoms with Crippen molar-refractivity contribution in [3.8, 4) is 5.75 Å². The quantitative estimate of drug-likeness (QED) is 0.877. The van der Waals surface area contributed by atoms with Gasteiger partial charge in [0.25, 0.3) is 0 Å². The van der Waals surface area contributed by atoms with Crippen molar-refractivity contribution in [3.05, 3.63) is 48.0 Å². The number of carbonyl (C=O) groups is 1. The third kappa shape index (κ3) is 1.64. The van der Waals surface area contributed by atoms with Gasteiger partial charge in [-0.05, 0) is 6.07 Å². The summed E-state index contributed by atoms with van der Waals surface area (Å²) in [7, 11) is 0. The van der Waals surface area contributed by atoms with Gasteiger partial charge in [0, 0.05) is 12.0 Å². The largest absolute Gasteiger partial charge is 0.493 e. The number of aromatic carboxylic acids is 1. The average molecular weight is 244 g/mol. The first kappa shape index (κ1) is 10.8. The van der Waals surface area contributed by atoms with Crippen molar-refractivity contribution in [1.82, 2.24) is 9.55 Å². The van der Waals surface area contributed by atoms with E-state index >= 15 is 0 Å². The number of para-hydroxylation sites is 1. The highest BCUT2D eigenvalue weighted by Gasteiger charge is 2.25. The highest BCUT2D eigenvalue weighted by molar-refractivity contribution is 5.85. The third-order valence-electron chi connectivity index (χ3n) is 3.15. The average Bonchev–Trinajstić information content (AvgIpc) is 2.87. The molecule has 1 aliphatic heterocycles. The molecule has 1 N–H and O–H groups in total. The summed E-state index contributed by atoms with van der Waals surface area (Å²) in [6, 6.07) is 7.68. The summed E-state index contributed by atoms with van der Waals surface area (Å²) in [5, 5.41) is 9.14. The summed E-state index contributed by atoms with van der Waals surface area (Å²) in [5.41, 5.74) is 1.21. The summed E-state index contributed by atoms with van der Waals surface area (Å²) in [6.07, 6.45) is 3.68. The summed E-state index contributed by atoms with van der Waals surface area (Å²) in [6.45, 7) is 0.582. The van der Waals surface area contributed by atoms with Crippen LogP contribution in [0.5, 0.6) is 5.75 Å². The highest BCUT2D eigenvalue weighted by Crippen LogP contribution is 2.34. The van der Waals surface area contributed by atoms with Crippen molar-refractivity contribution >= 4 is 5.97 Å². The molecule has 0 aliphatic carbocycles. The van der Waals surface area contributed by atoms with Gasteiger partial charge >= 0.3 is 5.97 Å². The maximum Gasteiger partial charge on any atom is 0.354 e. The Hall–Kier alpha value is -2.30. The number of nitrogens with zero attached hydrogens (tertiary/aromatic N) is 2. The predicted molar refractivity (Wildman–Crippen MR) is 63.9 cm³/mol. The van der Waals surface area contributed by atoms with Crippen LogP contribution in [0, 0.1) is 0 Å². The number of carboxylic acid groups (broad SMARTS) is 1. The topological polar surface area (TPSA) is 64.3 Å². The molecule has 5 heteroatoms. The zero-order valence-electron chi connectivity index (χ0n) is 9.61. The van der Waals surface area contributed by atoms with Crippen LogP contribution in [0.4, 0.5) is 0 Å². The van der Waals surface area contributed by atoms with E-state index in [1.54, 1.807) is 10.9 Å². The van der Waals surface area contributed by atoms with Crippen LogP contribution in [0.3, 0.4) is 0 Å². The second-order valence-corrected chi connectivity index (χ2v) is 4.18. The number of hydrogen-bond donors (Lipinski definition) is 1. The van der Waals surface area contributed by atoms with E-state index in [9.17, 15) is 4.79 Å². The Labute approximate surface area is 104 Å². The van der Waals surface area contributed by atoms with Gasteiger partial charge in [-0.1, -0.05) is 18.2 Å². The van der Waals surface area contributed by atoms with Crippen LogP contribution in [0.15, 0.2) is 36.8 Å². The fraction of sp³-hybridized carbons (Fsp3) is 0.231. The van der Waals surface area contributed by atoms with Crippen LogP contribution in [0.1, 0.15) is 28.5 Å². The predicted octanol–water partition coefficient (Wildman–Crippen LogP) is 1.95. The van der Waals surface area contributed by atoms with Crippen molar-refractivity contribution in [2.45, 2.75) is 12.5 Å². The standard InChI is InChI=1S/C13H12N2O3/c16-13(17)11-7-14-8-15(11)10-5-6-18-12-4-2-1-3-9(10)12/h1-4,7-8,10H,5-6H2,(H,16,17). The summed E-state index contributed by atoms with van der Waals surface area (Å²) < 4.78 is 7.27. The van der Waals surface area contributed by atoms with Gasteiger partial charge in [0.1, 0.15) is 11.4 Å². The molecule has 1 unspecified atom stereocenters. The highest BCUT2D eigenvalue weighted by atomic mass is 16.5. The van der Waals surface area contributed by atoms with Crippen molar-refractivity contribution in [1.29, 1.82) is 0 Å². The molecular weight excluding hydrogens is 232 g/mol. The van der Waals surface area contributed by atoms with Crippen molar-refractivity contribution in [2.24, 2.45) is 0 Å². The van der Waals surface area contributed by atoms with Gasteiger partial charge in [-0.15, -0.1) is 0 Å². The number of rotatable bonds is 2. The number of fused-ring (bicyclic) bond motifs is 1. The minimum atomic E-state index is -0.962. The molecule has 0 saturated heterocycles. The van der Waals surface area contributed by atoms with Crippen LogP contribution in [0.2, 0.25) is 0 Å². The fourth-order valence-electron chi connectivity index (χ4n) is 2.33. The molecular formula is C13H12N2O3. The summed E-state index contributed by atoms with van der Waals surface area (Å²) in [5.74, 6) is -0.143. The molecule has 1 aromatic carbocycles. The Bertz CT molecular complexity index is 591. The van der Waals surface area contributed by atoms with Crippen LogP contribution in [0.25, 0.3) is 0 Å². The molecule has 2 aromatic rings. The molecule has 1 aliphatic rings. The Balaban J connectivity index is 2.08. The Morgan fingerprint density at radius 1 is 1.44 bits per heavy atom. The first-order chi connectivity index (χ1) is 8.77. The lowest BCUT2D eigenvalue weighted by molar-refractivity contribution is 0.0682. The number of benzene rings is 1. The van der Waals surface area contributed by atoms with Gasteiger partial charge in [-0.25, -0.2) is 9.78 Å². The van der Waals surface area contributed by atoms with E-state index in [0.717, 1.165) is 17.7 Å². The third-order valence-corrected chi connectivity index (χ3v) is 3.15. The van der Waals surface area contributed by atoms with Crippen molar-refractivity contribution in [2.75, 3.05) is 6.61 Å². The molecule has 5 nitrogen and oxygen atoms in total. The first-order valence-electron chi connectivity index (χ1n) is 5.74. The van der Waals surface area contributed by atoms with E-state index in [2.05, 4.69) is 4.98 Å². The Morgan fingerprint density at radius 3 is 3.11 bits per heavy atom. The second-order valence-electron chi connectivity index (χ2n) is 4.18. The summed E-state index contributed by atoms with van der Waals surface area (Å²) in [4.78, 5) is 15.1. The van der Waals surface area contributed by atoms with Gasteiger partial charge < -0.3 is 14.4 Å². The van der Waals surface area contributed by atoms with Gasteiger partial charge in [0.05, 0.1) is 25.2 Å². The van der Waals surface area contributed by atoms with Gasteiger partial charge in [0.15, 0.2) is 0 Å².